The van der Waals surface area contributed by atoms with Crippen LogP contribution in [0.3, 0.4) is 0 Å². The molecule has 0 saturated carbocycles. The maximum Gasteiger partial charge on any atom is 0.419 e. The maximum absolute atomic E-state index is 14.2. The van der Waals surface area contributed by atoms with E-state index in [0.29, 0.717) is 6.07 Å². The van der Waals surface area contributed by atoms with Gasteiger partial charge in [-0.3, -0.25) is 4.79 Å². The Morgan fingerprint density at radius 3 is 2.48 bits per heavy atom. The van der Waals surface area contributed by atoms with E-state index >= 15 is 0 Å². The van der Waals surface area contributed by atoms with Crippen molar-refractivity contribution < 1.29 is 31.9 Å². The van der Waals surface area contributed by atoms with Crippen LogP contribution >= 0.6 is 0 Å². The predicted octanol–water partition coefficient (Wildman–Crippen LogP) is 4.11. The maximum atomic E-state index is 14.2. The number of carboxylic acid groups (broad SMARTS) is 1. The van der Waals surface area contributed by atoms with E-state index in [9.17, 15) is 31.5 Å². The number of carbonyl (C=O) groups is 1. The van der Waals surface area contributed by atoms with Crippen molar-refractivity contribution in [2.45, 2.75) is 12.6 Å². The Bertz CT molecular complexity index is 1120. The van der Waals surface area contributed by atoms with E-state index in [1.165, 1.54) is 0 Å². The number of H-pyrrole nitrogens is 1. The highest BCUT2D eigenvalue weighted by atomic mass is 19.4. The lowest BCUT2D eigenvalue weighted by molar-refractivity contribution is -0.140. The number of fused-ring (bicyclic) bond motifs is 1. The standard InChI is InChI=1S/C18H10F5NO3/c19-13-6-8(4-9-2-1-3-12(14(9)20)18(21,22)23)5-10-15(13)24-7-11(16(10)25)17(26)27/h1-3,5-7H,4H2,(H,24,25)(H,26,27). The lowest BCUT2D eigenvalue weighted by Gasteiger charge is -2.12. The van der Waals surface area contributed by atoms with Gasteiger partial charge < -0.3 is 10.1 Å². The summed E-state index contributed by atoms with van der Waals surface area (Å²) in [7, 11) is 0. The summed E-state index contributed by atoms with van der Waals surface area (Å²) < 4.78 is 66.8. The van der Waals surface area contributed by atoms with E-state index < -0.39 is 46.8 Å². The fourth-order valence-corrected chi connectivity index (χ4v) is 2.76. The highest BCUT2D eigenvalue weighted by Crippen LogP contribution is 2.33. The van der Waals surface area contributed by atoms with Crippen LogP contribution in [0, 0.1) is 11.6 Å². The Kier molecular flexibility index (Phi) is 4.46. The van der Waals surface area contributed by atoms with Crippen molar-refractivity contribution in [2.24, 2.45) is 0 Å². The largest absolute Gasteiger partial charge is 0.477 e. The number of benzene rings is 2. The summed E-state index contributed by atoms with van der Waals surface area (Å²) >= 11 is 0. The fraction of sp³-hybridized carbons (Fsp3) is 0.111. The molecule has 0 unspecified atom stereocenters. The summed E-state index contributed by atoms with van der Waals surface area (Å²) in [6.07, 6.45) is -4.45. The Morgan fingerprint density at radius 2 is 1.85 bits per heavy atom. The van der Waals surface area contributed by atoms with Crippen molar-refractivity contribution in [1.82, 2.24) is 4.98 Å². The van der Waals surface area contributed by atoms with Gasteiger partial charge in [-0.1, -0.05) is 12.1 Å². The Labute approximate surface area is 147 Å². The first kappa shape index (κ1) is 18.6. The van der Waals surface area contributed by atoms with E-state index in [4.69, 9.17) is 5.11 Å². The molecule has 1 heterocycles. The van der Waals surface area contributed by atoms with Gasteiger partial charge in [-0.25, -0.2) is 13.6 Å². The minimum atomic E-state index is -4.89. The number of rotatable bonds is 3. The molecule has 0 amide bonds. The zero-order valence-corrected chi connectivity index (χ0v) is 13.3. The second kappa shape index (κ2) is 6.49. The molecular weight excluding hydrogens is 373 g/mol. The summed E-state index contributed by atoms with van der Waals surface area (Å²) in [6.45, 7) is 0. The quantitative estimate of drug-likeness (QED) is 0.669. The van der Waals surface area contributed by atoms with Crippen LogP contribution in [-0.2, 0) is 12.6 Å². The molecular formula is C18H10F5NO3. The molecule has 4 nitrogen and oxygen atoms in total. The average molecular weight is 383 g/mol. The highest BCUT2D eigenvalue weighted by Gasteiger charge is 2.34. The summed E-state index contributed by atoms with van der Waals surface area (Å²) in [5.74, 6) is -3.92. The summed E-state index contributed by atoms with van der Waals surface area (Å²) in [5.41, 5.74) is -3.60. The van der Waals surface area contributed by atoms with Crippen molar-refractivity contribution in [2.75, 3.05) is 0 Å². The van der Waals surface area contributed by atoms with Crippen LogP contribution < -0.4 is 5.43 Å². The molecule has 0 bridgehead atoms. The monoisotopic (exact) mass is 383 g/mol. The van der Waals surface area contributed by atoms with Gasteiger partial charge >= 0.3 is 12.1 Å². The number of aromatic amines is 1. The van der Waals surface area contributed by atoms with Crippen LogP contribution in [-0.4, -0.2) is 16.1 Å². The summed E-state index contributed by atoms with van der Waals surface area (Å²) in [5, 5.41) is 8.68. The molecule has 0 aliphatic rings. The van der Waals surface area contributed by atoms with Crippen LogP contribution in [0.25, 0.3) is 10.9 Å². The van der Waals surface area contributed by atoms with Crippen molar-refractivity contribution in [1.29, 1.82) is 0 Å². The summed E-state index contributed by atoms with van der Waals surface area (Å²) in [6, 6.07) is 4.80. The van der Waals surface area contributed by atoms with Gasteiger partial charge in [-0.15, -0.1) is 0 Å². The number of pyridine rings is 1. The average Bonchev–Trinajstić information content (AvgIpc) is 2.56. The molecule has 0 aliphatic carbocycles. The number of hydrogen-bond acceptors (Lipinski definition) is 2. The molecule has 0 aliphatic heterocycles. The Balaban J connectivity index is 2.13. The number of aromatic carboxylic acids is 1. The molecule has 140 valence electrons. The zero-order chi connectivity index (χ0) is 19.9. The molecule has 0 spiro atoms. The molecule has 2 N–H and O–H groups in total. The fourth-order valence-electron chi connectivity index (χ4n) is 2.76. The van der Waals surface area contributed by atoms with Gasteiger partial charge in [-0.05, 0) is 29.3 Å². The normalized spacial score (nSPS) is 11.7. The number of carboxylic acids is 1. The molecule has 0 fully saturated rings. The van der Waals surface area contributed by atoms with E-state index in [0.717, 1.165) is 30.5 Å². The lowest BCUT2D eigenvalue weighted by atomic mass is 9.99. The molecule has 0 saturated heterocycles. The van der Waals surface area contributed by atoms with E-state index in [2.05, 4.69) is 4.98 Å². The molecule has 0 atom stereocenters. The predicted molar refractivity (Wildman–Crippen MR) is 85.7 cm³/mol. The van der Waals surface area contributed by atoms with Gasteiger partial charge in [0.25, 0.3) is 0 Å². The SMILES string of the molecule is O=C(O)c1c[nH]c2c(F)cc(Cc3cccc(C(F)(F)F)c3F)cc2c1=O. The minimum Gasteiger partial charge on any atom is -0.477 e. The second-order valence-corrected chi connectivity index (χ2v) is 5.79. The molecule has 9 heteroatoms. The lowest BCUT2D eigenvalue weighted by Crippen LogP contribution is -2.16. The first-order chi connectivity index (χ1) is 12.6. The van der Waals surface area contributed by atoms with Crippen LogP contribution in [0.5, 0.6) is 0 Å². The minimum absolute atomic E-state index is 0.0197. The van der Waals surface area contributed by atoms with Crippen molar-refractivity contribution in [3.63, 3.8) is 0 Å². The second-order valence-electron chi connectivity index (χ2n) is 5.79. The third-order valence-electron chi connectivity index (χ3n) is 4.01. The van der Waals surface area contributed by atoms with Gasteiger partial charge in [-0.2, -0.15) is 13.2 Å². The number of aromatic nitrogens is 1. The molecule has 3 aromatic rings. The Morgan fingerprint density at radius 1 is 1.15 bits per heavy atom. The van der Waals surface area contributed by atoms with E-state index in [1.807, 2.05) is 0 Å². The van der Waals surface area contributed by atoms with Gasteiger partial charge in [0.1, 0.15) is 17.2 Å². The Hall–Kier alpha value is -3.23. The van der Waals surface area contributed by atoms with Crippen LogP contribution in [0.2, 0.25) is 0 Å². The van der Waals surface area contributed by atoms with Crippen LogP contribution in [0.4, 0.5) is 22.0 Å². The third kappa shape index (κ3) is 3.40. The van der Waals surface area contributed by atoms with Gasteiger partial charge in [0.05, 0.1) is 11.1 Å². The van der Waals surface area contributed by atoms with E-state index in [-0.39, 0.29) is 22.0 Å². The first-order valence-corrected chi connectivity index (χ1v) is 7.51. The molecule has 1 aromatic heterocycles. The van der Waals surface area contributed by atoms with Crippen LogP contribution in [0.1, 0.15) is 27.0 Å². The summed E-state index contributed by atoms with van der Waals surface area (Å²) in [4.78, 5) is 25.6. The topological polar surface area (TPSA) is 70.2 Å². The molecule has 27 heavy (non-hydrogen) atoms. The van der Waals surface area contributed by atoms with Gasteiger partial charge in [0.15, 0.2) is 0 Å². The highest BCUT2D eigenvalue weighted by molar-refractivity contribution is 5.92. The van der Waals surface area contributed by atoms with Crippen molar-refractivity contribution in [3.8, 4) is 0 Å². The van der Waals surface area contributed by atoms with Crippen LogP contribution in [0.15, 0.2) is 41.3 Å². The number of nitrogens with one attached hydrogen (secondary N) is 1. The molecule has 3 rings (SSSR count). The number of hydrogen-bond donors (Lipinski definition) is 2. The first-order valence-electron chi connectivity index (χ1n) is 7.51. The van der Waals surface area contributed by atoms with E-state index in [1.54, 1.807) is 0 Å². The third-order valence-corrected chi connectivity index (χ3v) is 4.01. The smallest absolute Gasteiger partial charge is 0.419 e. The number of alkyl halides is 3. The van der Waals surface area contributed by atoms with Gasteiger partial charge in [0.2, 0.25) is 5.43 Å². The number of halogens is 5. The molecule has 0 radical (unpaired) electrons. The molecule has 2 aromatic carbocycles. The van der Waals surface area contributed by atoms with Crippen molar-refractivity contribution in [3.05, 3.63) is 80.6 Å². The van der Waals surface area contributed by atoms with Crippen molar-refractivity contribution >= 4 is 16.9 Å². The van der Waals surface area contributed by atoms with Gasteiger partial charge in [0, 0.05) is 18.0 Å². The zero-order valence-electron chi connectivity index (χ0n) is 13.3.